The predicted molar refractivity (Wildman–Crippen MR) is 89.1 cm³/mol. The Morgan fingerprint density at radius 3 is 2.76 bits per heavy atom. The number of nitrogens with zero attached hydrogens (tertiary/aromatic N) is 1. The third-order valence-electron chi connectivity index (χ3n) is 3.05. The standard InChI is InChI=1S/C16H19N3OS/c1-11-6-7-14(12(2)9-11)17-10-16(20)19-18-13(3)15-5-4-8-21-15/h4-9,17H,10H2,1-3H3,(H,19,20)/b18-13-. The lowest BCUT2D eigenvalue weighted by Gasteiger charge is -2.09. The first-order valence-electron chi connectivity index (χ1n) is 6.74. The van der Waals surface area contributed by atoms with E-state index in [9.17, 15) is 4.79 Å². The molecule has 0 atom stereocenters. The van der Waals surface area contributed by atoms with Crippen LogP contribution in [0.1, 0.15) is 22.9 Å². The molecule has 1 aromatic carbocycles. The van der Waals surface area contributed by atoms with Crippen molar-refractivity contribution in [1.29, 1.82) is 0 Å². The average molecular weight is 301 g/mol. The highest BCUT2D eigenvalue weighted by Crippen LogP contribution is 2.15. The number of benzene rings is 1. The molecule has 4 nitrogen and oxygen atoms in total. The van der Waals surface area contributed by atoms with E-state index in [2.05, 4.69) is 21.9 Å². The van der Waals surface area contributed by atoms with Gasteiger partial charge in [-0.25, -0.2) is 5.43 Å². The van der Waals surface area contributed by atoms with Crippen LogP contribution in [0.2, 0.25) is 0 Å². The van der Waals surface area contributed by atoms with Crippen molar-refractivity contribution in [3.63, 3.8) is 0 Å². The molecule has 2 N–H and O–H groups in total. The maximum atomic E-state index is 11.8. The number of hydrogen-bond donors (Lipinski definition) is 2. The van der Waals surface area contributed by atoms with Gasteiger partial charge in [0.25, 0.3) is 5.91 Å². The summed E-state index contributed by atoms with van der Waals surface area (Å²) < 4.78 is 0. The van der Waals surface area contributed by atoms with Gasteiger partial charge in [0.1, 0.15) is 0 Å². The fourth-order valence-electron chi connectivity index (χ4n) is 1.91. The molecule has 0 aliphatic heterocycles. The molecule has 2 rings (SSSR count). The Balaban J connectivity index is 1.86. The topological polar surface area (TPSA) is 53.5 Å². The summed E-state index contributed by atoms with van der Waals surface area (Å²) in [7, 11) is 0. The maximum absolute atomic E-state index is 11.8. The van der Waals surface area contributed by atoms with Crippen molar-refractivity contribution in [2.45, 2.75) is 20.8 Å². The van der Waals surface area contributed by atoms with Crippen LogP contribution < -0.4 is 10.7 Å². The maximum Gasteiger partial charge on any atom is 0.259 e. The number of carbonyl (C=O) groups excluding carboxylic acids is 1. The van der Waals surface area contributed by atoms with Gasteiger partial charge in [-0.3, -0.25) is 4.79 Å². The number of amides is 1. The van der Waals surface area contributed by atoms with E-state index in [0.717, 1.165) is 21.8 Å². The number of carbonyl (C=O) groups is 1. The minimum absolute atomic E-state index is 0.161. The second kappa shape index (κ2) is 7.04. The molecule has 0 unspecified atom stereocenters. The molecular formula is C16H19N3OS. The summed E-state index contributed by atoms with van der Waals surface area (Å²) in [5.41, 5.74) is 6.68. The molecule has 0 aliphatic rings. The van der Waals surface area contributed by atoms with Crippen molar-refractivity contribution >= 4 is 28.6 Å². The monoisotopic (exact) mass is 301 g/mol. The van der Waals surface area contributed by atoms with Gasteiger partial charge in [-0.15, -0.1) is 11.3 Å². The predicted octanol–water partition coefficient (Wildman–Crippen LogP) is 3.32. The zero-order chi connectivity index (χ0) is 15.2. The molecule has 2 aromatic rings. The number of hydrazone groups is 1. The molecule has 110 valence electrons. The normalized spacial score (nSPS) is 11.3. The highest BCUT2D eigenvalue weighted by Gasteiger charge is 2.03. The van der Waals surface area contributed by atoms with Crippen LogP contribution in [-0.4, -0.2) is 18.2 Å². The number of nitrogens with one attached hydrogen (secondary N) is 2. The Hall–Kier alpha value is -2.14. The molecule has 0 radical (unpaired) electrons. The lowest BCUT2D eigenvalue weighted by molar-refractivity contribution is -0.119. The van der Waals surface area contributed by atoms with Gasteiger partial charge >= 0.3 is 0 Å². The Labute approximate surface area is 128 Å². The summed E-state index contributed by atoms with van der Waals surface area (Å²) in [4.78, 5) is 12.8. The van der Waals surface area contributed by atoms with Crippen molar-refractivity contribution < 1.29 is 4.79 Å². The van der Waals surface area contributed by atoms with E-state index in [1.165, 1.54) is 5.56 Å². The fourth-order valence-corrected chi connectivity index (χ4v) is 2.59. The second-order valence-corrected chi connectivity index (χ2v) is 5.83. The van der Waals surface area contributed by atoms with E-state index in [0.29, 0.717) is 0 Å². The van der Waals surface area contributed by atoms with Crippen LogP contribution in [0.3, 0.4) is 0 Å². The summed E-state index contributed by atoms with van der Waals surface area (Å²) in [6.07, 6.45) is 0. The Bertz CT molecular complexity index is 648. The van der Waals surface area contributed by atoms with Gasteiger partial charge in [0, 0.05) is 10.6 Å². The summed E-state index contributed by atoms with van der Waals surface area (Å²) >= 11 is 1.60. The number of thiophene rings is 1. The largest absolute Gasteiger partial charge is 0.376 e. The second-order valence-electron chi connectivity index (χ2n) is 4.88. The van der Waals surface area contributed by atoms with Gasteiger partial charge in [0.2, 0.25) is 0 Å². The molecule has 0 saturated carbocycles. The SMILES string of the molecule is C/C(=N/NC(=O)CNc1ccc(C)cc1C)c1cccs1. The zero-order valence-corrected chi connectivity index (χ0v) is 13.3. The third-order valence-corrected chi connectivity index (χ3v) is 4.03. The van der Waals surface area contributed by atoms with E-state index >= 15 is 0 Å². The number of hydrogen-bond acceptors (Lipinski definition) is 4. The van der Waals surface area contributed by atoms with E-state index in [-0.39, 0.29) is 12.5 Å². The Morgan fingerprint density at radius 1 is 1.29 bits per heavy atom. The Morgan fingerprint density at radius 2 is 2.10 bits per heavy atom. The molecule has 1 aromatic heterocycles. The first-order chi connectivity index (χ1) is 10.1. The molecule has 0 spiro atoms. The summed E-state index contributed by atoms with van der Waals surface area (Å²) in [5.74, 6) is -0.161. The first kappa shape index (κ1) is 15.3. The number of aryl methyl sites for hydroxylation is 2. The molecule has 1 amide bonds. The molecule has 0 aliphatic carbocycles. The van der Waals surface area contributed by atoms with Crippen LogP contribution >= 0.6 is 11.3 Å². The lowest BCUT2D eigenvalue weighted by Crippen LogP contribution is -2.26. The number of rotatable bonds is 5. The smallest absolute Gasteiger partial charge is 0.259 e. The minimum Gasteiger partial charge on any atom is -0.376 e. The van der Waals surface area contributed by atoms with Gasteiger partial charge < -0.3 is 5.32 Å². The highest BCUT2D eigenvalue weighted by atomic mass is 32.1. The third kappa shape index (κ3) is 4.43. The molecule has 5 heteroatoms. The van der Waals surface area contributed by atoms with Crippen LogP contribution in [0, 0.1) is 13.8 Å². The minimum atomic E-state index is -0.161. The van der Waals surface area contributed by atoms with Gasteiger partial charge in [0.05, 0.1) is 12.3 Å². The van der Waals surface area contributed by atoms with Crippen LogP contribution in [0.25, 0.3) is 0 Å². The molecular weight excluding hydrogens is 282 g/mol. The van der Waals surface area contributed by atoms with Crippen LogP contribution in [0.4, 0.5) is 5.69 Å². The van der Waals surface area contributed by atoms with Gasteiger partial charge in [-0.1, -0.05) is 23.8 Å². The molecule has 1 heterocycles. The Kier molecular flexibility index (Phi) is 5.11. The van der Waals surface area contributed by atoms with Crippen molar-refractivity contribution in [2.24, 2.45) is 5.10 Å². The molecule has 0 bridgehead atoms. The zero-order valence-electron chi connectivity index (χ0n) is 12.4. The summed E-state index contributed by atoms with van der Waals surface area (Å²) in [6, 6.07) is 10.0. The van der Waals surface area contributed by atoms with E-state index in [1.807, 2.05) is 50.4 Å². The fraction of sp³-hybridized carbons (Fsp3) is 0.250. The van der Waals surface area contributed by atoms with Gasteiger partial charge in [0.15, 0.2) is 0 Å². The molecule has 0 saturated heterocycles. The lowest BCUT2D eigenvalue weighted by atomic mass is 10.1. The quantitative estimate of drug-likeness (QED) is 0.657. The van der Waals surface area contributed by atoms with Crippen molar-refractivity contribution in [3.8, 4) is 0 Å². The molecule has 21 heavy (non-hydrogen) atoms. The van der Waals surface area contributed by atoms with Crippen LogP contribution in [0.15, 0.2) is 40.8 Å². The van der Waals surface area contributed by atoms with Crippen molar-refractivity contribution in [3.05, 3.63) is 51.7 Å². The van der Waals surface area contributed by atoms with Gasteiger partial charge in [-0.05, 0) is 43.8 Å². The summed E-state index contributed by atoms with van der Waals surface area (Å²) in [6.45, 7) is 6.15. The average Bonchev–Trinajstić information content (AvgIpc) is 2.98. The van der Waals surface area contributed by atoms with Gasteiger partial charge in [-0.2, -0.15) is 5.10 Å². The van der Waals surface area contributed by atoms with Crippen molar-refractivity contribution in [1.82, 2.24) is 5.43 Å². The van der Waals surface area contributed by atoms with Crippen LogP contribution in [-0.2, 0) is 4.79 Å². The highest BCUT2D eigenvalue weighted by molar-refractivity contribution is 7.12. The summed E-state index contributed by atoms with van der Waals surface area (Å²) in [5, 5.41) is 9.21. The van der Waals surface area contributed by atoms with Crippen molar-refractivity contribution in [2.75, 3.05) is 11.9 Å². The molecule has 0 fully saturated rings. The van der Waals surface area contributed by atoms with E-state index in [1.54, 1.807) is 11.3 Å². The van der Waals surface area contributed by atoms with Crippen LogP contribution in [0.5, 0.6) is 0 Å². The van der Waals surface area contributed by atoms with E-state index in [4.69, 9.17) is 0 Å². The number of anilines is 1. The van der Waals surface area contributed by atoms with E-state index < -0.39 is 0 Å². The first-order valence-corrected chi connectivity index (χ1v) is 7.62.